The minimum absolute atomic E-state index is 0.0642. The lowest BCUT2D eigenvalue weighted by atomic mass is 9.85. The summed E-state index contributed by atoms with van der Waals surface area (Å²) in [6.07, 6.45) is 0. The van der Waals surface area contributed by atoms with Crippen LogP contribution in [0.3, 0.4) is 0 Å². The summed E-state index contributed by atoms with van der Waals surface area (Å²) in [6, 6.07) is 10.7. The van der Waals surface area contributed by atoms with Crippen molar-refractivity contribution in [3.63, 3.8) is 0 Å². The van der Waals surface area contributed by atoms with Crippen molar-refractivity contribution in [3.8, 4) is 0 Å². The molecule has 0 aromatic heterocycles. The van der Waals surface area contributed by atoms with Crippen LogP contribution in [0.15, 0.2) is 41.3 Å². The van der Waals surface area contributed by atoms with Crippen LogP contribution in [0.5, 0.6) is 0 Å². The number of hydrogen-bond acceptors (Lipinski definition) is 5. The van der Waals surface area contributed by atoms with Crippen LogP contribution in [0.25, 0.3) is 0 Å². The van der Waals surface area contributed by atoms with Crippen molar-refractivity contribution in [2.45, 2.75) is 17.4 Å². The van der Waals surface area contributed by atoms with Gasteiger partial charge < -0.3 is 15.4 Å². The van der Waals surface area contributed by atoms with E-state index in [1.165, 1.54) is 0 Å². The third-order valence-corrected chi connectivity index (χ3v) is 6.92. The summed E-state index contributed by atoms with van der Waals surface area (Å²) in [7, 11) is -1.56. The number of rotatable bonds is 8. The second-order valence-electron chi connectivity index (χ2n) is 7.07. The van der Waals surface area contributed by atoms with Gasteiger partial charge >= 0.3 is 0 Å². The molecule has 3 N–H and O–H groups in total. The number of nitrogens with two attached hydrogens (primary N) is 1. The van der Waals surface area contributed by atoms with E-state index in [2.05, 4.69) is 9.62 Å². The summed E-state index contributed by atoms with van der Waals surface area (Å²) in [5.41, 5.74) is 8.50. The molecule has 1 aliphatic heterocycles. The van der Waals surface area contributed by atoms with Gasteiger partial charge in [-0.1, -0.05) is 35.3 Å². The van der Waals surface area contributed by atoms with E-state index in [0.29, 0.717) is 23.2 Å². The Balaban J connectivity index is 1.79. The molecule has 158 valence electrons. The molecule has 0 radical (unpaired) electrons. The molecule has 2 aromatic rings. The number of hydrogen-bond donors (Lipinski definition) is 2. The molecule has 1 atom stereocenters. The van der Waals surface area contributed by atoms with Gasteiger partial charge in [0.2, 0.25) is 10.0 Å². The largest absolute Gasteiger partial charge is 0.379 e. The van der Waals surface area contributed by atoms with E-state index in [4.69, 9.17) is 33.7 Å². The predicted octanol–water partition coefficient (Wildman–Crippen LogP) is 2.82. The van der Waals surface area contributed by atoms with E-state index < -0.39 is 10.0 Å². The van der Waals surface area contributed by atoms with E-state index >= 15 is 0 Å². The Hall–Kier alpha value is -1.19. The molecule has 0 bridgehead atoms. The summed E-state index contributed by atoms with van der Waals surface area (Å²) in [6.45, 7) is 2.84. The van der Waals surface area contributed by atoms with Crippen molar-refractivity contribution < 1.29 is 13.2 Å². The number of sulfonamides is 1. The first-order chi connectivity index (χ1) is 13.8. The average Bonchev–Trinajstić information content (AvgIpc) is 2.68. The molecule has 1 aliphatic rings. The van der Waals surface area contributed by atoms with Gasteiger partial charge in [-0.25, -0.2) is 13.1 Å². The van der Waals surface area contributed by atoms with Crippen LogP contribution in [0, 0.1) is 0 Å². The monoisotopic (exact) mass is 457 g/mol. The van der Waals surface area contributed by atoms with Crippen LogP contribution < -0.4 is 10.5 Å². The SMILES string of the molecule is CN1Cc2c(Cl)cc(Cl)cc2C(c2ccc(S(=O)(=O)NCCOCCN)cc2)C1. The standard InChI is InChI=1S/C20H25Cl2N3O3S/c1-25-12-18(17-10-15(21)11-20(22)19(17)13-25)14-2-4-16(5-3-14)29(26,27)24-7-9-28-8-6-23/h2-5,10-11,18,24H,6-9,12-13,23H2,1H3. The number of benzene rings is 2. The van der Waals surface area contributed by atoms with Crippen molar-refractivity contribution in [3.05, 3.63) is 63.1 Å². The average molecular weight is 458 g/mol. The number of nitrogens with zero attached hydrogens (tertiary/aromatic N) is 1. The fourth-order valence-electron chi connectivity index (χ4n) is 3.53. The Morgan fingerprint density at radius 1 is 1.21 bits per heavy atom. The third kappa shape index (κ3) is 5.49. The molecule has 0 saturated heterocycles. The second-order valence-corrected chi connectivity index (χ2v) is 9.68. The van der Waals surface area contributed by atoms with Gasteiger partial charge in [-0.05, 0) is 48.0 Å². The van der Waals surface area contributed by atoms with Gasteiger partial charge in [-0.2, -0.15) is 0 Å². The van der Waals surface area contributed by atoms with Crippen LogP contribution in [0.1, 0.15) is 22.6 Å². The van der Waals surface area contributed by atoms with Gasteiger partial charge in [0.15, 0.2) is 0 Å². The Labute approximate surface area is 182 Å². The maximum absolute atomic E-state index is 12.5. The Morgan fingerprint density at radius 3 is 2.62 bits per heavy atom. The highest BCUT2D eigenvalue weighted by molar-refractivity contribution is 7.89. The third-order valence-electron chi connectivity index (χ3n) is 4.89. The zero-order valence-corrected chi connectivity index (χ0v) is 18.5. The molecule has 6 nitrogen and oxygen atoms in total. The van der Waals surface area contributed by atoms with Crippen molar-refractivity contribution in [2.24, 2.45) is 5.73 Å². The van der Waals surface area contributed by atoms with Crippen LogP contribution in [0.4, 0.5) is 0 Å². The molecule has 3 rings (SSSR count). The molecule has 0 amide bonds. The summed E-state index contributed by atoms with van der Waals surface area (Å²) >= 11 is 12.6. The second kappa shape index (κ2) is 9.75. The molecule has 0 fully saturated rings. The first-order valence-electron chi connectivity index (χ1n) is 9.35. The lowest BCUT2D eigenvalue weighted by molar-refractivity contribution is 0.147. The van der Waals surface area contributed by atoms with E-state index in [9.17, 15) is 8.42 Å². The van der Waals surface area contributed by atoms with Crippen LogP contribution in [0.2, 0.25) is 10.0 Å². The molecule has 1 unspecified atom stereocenters. The van der Waals surface area contributed by atoms with Crippen molar-refractivity contribution in [2.75, 3.05) is 39.9 Å². The van der Waals surface area contributed by atoms with Crippen molar-refractivity contribution in [1.29, 1.82) is 0 Å². The van der Waals surface area contributed by atoms with Crippen molar-refractivity contribution >= 4 is 33.2 Å². The molecular formula is C20H25Cl2N3O3S. The molecule has 2 aromatic carbocycles. The minimum Gasteiger partial charge on any atom is -0.379 e. The topological polar surface area (TPSA) is 84.7 Å². The highest BCUT2D eigenvalue weighted by Crippen LogP contribution is 2.38. The van der Waals surface area contributed by atoms with E-state index in [1.54, 1.807) is 18.2 Å². The van der Waals surface area contributed by atoms with E-state index in [1.807, 2.05) is 25.2 Å². The van der Waals surface area contributed by atoms with E-state index in [0.717, 1.165) is 29.8 Å². The highest BCUT2D eigenvalue weighted by Gasteiger charge is 2.27. The Morgan fingerprint density at radius 2 is 1.93 bits per heavy atom. The Kier molecular flexibility index (Phi) is 7.56. The zero-order valence-electron chi connectivity index (χ0n) is 16.2. The summed E-state index contributed by atoms with van der Waals surface area (Å²) in [5.74, 6) is 0.0642. The normalized spacial score (nSPS) is 17.3. The van der Waals surface area contributed by atoms with Gasteiger partial charge in [0.05, 0.1) is 18.1 Å². The maximum Gasteiger partial charge on any atom is 0.240 e. The molecular weight excluding hydrogens is 433 g/mol. The number of likely N-dealkylation sites (N-methyl/N-ethyl adjacent to an activating group) is 1. The first-order valence-corrected chi connectivity index (χ1v) is 11.6. The number of halogens is 2. The summed E-state index contributed by atoms with van der Waals surface area (Å²) in [4.78, 5) is 2.41. The lowest BCUT2D eigenvalue weighted by Crippen LogP contribution is -2.31. The number of ether oxygens (including phenoxy) is 1. The molecule has 0 saturated carbocycles. The fourth-order valence-corrected chi connectivity index (χ4v) is 5.11. The van der Waals surface area contributed by atoms with Crippen LogP contribution >= 0.6 is 23.2 Å². The summed E-state index contributed by atoms with van der Waals surface area (Å²) in [5, 5.41) is 1.26. The zero-order chi connectivity index (χ0) is 21.0. The van der Waals surface area contributed by atoms with E-state index in [-0.39, 0.29) is 24.0 Å². The van der Waals surface area contributed by atoms with Gasteiger partial charge in [0.1, 0.15) is 0 Å². The molecule has 0 spiro atoms. The molecule has 29 heavy (non-hydrogen) atoms. The number of nitrogens with one attached hydrogen (secondary N) is 1. The lowest BCUT2D eigenvalue weighted by Gasteiger charge is -2.33. The van der Waals surface area contributed by atoms with Crippen molar-refractivity contribution in [1.82, 2.24) is 9.62 Å². The first kappa shape index (κ1) is 22.5. The molecule has 0 aliphatic carbocycles. The molecule has 9 heteroatoms. The smallest absolute Gasteiger partial charge is 0.240 e. The molecule has 1 heterocycles. The maximum atomic E-state index is 12.5. The van der Waals surface area contributed by atoms with Crippen LogP contribution in [-0.4, -0.2) is 53.2 Å². The Bertz CT molecular complexity index is 952. The number of fused-ring (bicyclic) bond motifs is 1. The highest BCUT2D eigenvalue weighted by atomic mass is 35.5. The van der Waals surface area contributed by atoms with Gasteiger partial charge in [-0.3, -0.25) is 0 Å². The summed E-state index contributed by atoms with van der Waals surface area (Å²) < 4.78 is 32.6. The van der Waals surface area contributed by atoms with Gasteiger partial charge in [0.25, 0.3) is 0 Å². The predicted molar refractivity (Wildman–Crippen MR) is 116 cm³/mol. The minimum atomic E-state index is -3.59. The van der Waals surface area contributed by atoms with Gasteiger partial charge in [-0.15, -0.1) is 0 Å². The van der Waals surface area contributed by atoms with Gasteiger partial charge in [0, 0.05) is 42.1 Å². The fraction of sp³-hybridized carbons (Fsp3) is 0.400. The van der Waals surface area contributed by atoms with Crippen LogP contribution in [-0.2, 0) is 21.3 Å². The quantitative estimate of drug-likeness (QED) is 0.595.